The molecule has 0 aliphatic heterocycles. The molecule has 2 N–H and O–H groups in total. The molecule has 0 unspecified atom stereocenters. The fourth-order valence-corrected chi connectivity index (χ4v) is 2.40. The molecule has 2 atom stereocenters. The van der Waals surface area contributed by atoms with Crippen LogP contribution in [-0.2, 0) is 10.1 Å². The number of rotatable bonds is 2. The van der Waals surface area contributed by atoms with E-state index in [0.29, 0.717) is 19.3 Å². The van der Waals surface area contributed by atoms with Crippen molar-refractivity contribution in [1.29, 1.82) is 0 Å². The van der Waals surface area contributed by atoms with Gasteiger partial charge in [-0.3, -0.25) is 4.55 Å². The van der Waals surface area contributed by atoms with Crippen LogP contribution in [0.25, 0.3) is 0 Å². The number of hydrogen-bond donors (Lipinski definition) is 2. The maximum absolute atomic E-state index is 10.4. The first-order chi connectivity index (χ1) is 4.97. The molecule has 1 saturated carbocycles. The molecule has 0 amide bonds. The molecule has 0 aromatic rings. The highest BCUT2D eigenvalue weighted by Gasteiger charge is 2.26. The zero-order valence-corrected chi connectivity index (χ0v) is 6.92. The Morgan fingerprint density at radius 3 is 2.36 bits per heavy atom. The lowest BCUT2D eigenvalue weighted by Crippen LogP contribution is -2.13. The van der Waals surface area contributed by atoms with Crippen molar-refractivity contribution >= 4 is 10.1 Å². The number of aliphatic hydroxyl groups excluding tert-OH is 1. The highest BCUT2D eigenvalue weighted by molar-refractivity contribution is 7.85. The third-order valence-corrected chi connectivity index (χ3v) is 2.85. The van der Waals surface area contributed by atoms with Crippen LogP contribution in [0.5, 0.6) is 0 Å². The fourth-order valence-electron chi connectivity index (χ4n) is 1.50. The van der Waals surface area contributed by atoms with Gasteiger partial charge in [-0.2, -0.15) is 8.42 Å². The van der Waals surface area contributed by atoms with E-state index in [9.17, 15) is 8.42 Å². The summed E-state index contributed by atoms with van der Waals surface area (Å²) in [6, 6.07) is 0. The minimum absolute atomic E-state index is 0.0556. The van der Waals surface area contributed by atoms with Crippen LogP contribution in [0.4, 0.5) is 0 Å². The first-order valence-corrected chi connectivity index (χ1v) is 5.21. The van der Waals surface area contributed by atoms with E-state index < -0.39 is 10.1 Å². The summed E-state index contributed by atoms with van der Waals surface area (Å²) in [5.74, 6) is -0.260. The maximum Gasteiger partial charge on any atom is 0.265 e. The molecule has 0 saturated heterocycles. The molecule has 0 aromatic carbocycles. The average Bonchev–Trinajstić information content (AvgIpc) is 2.10. The zero-order valence-electron chi connectivity index (χ0n) is 6.10. The first-order valence-electron chi connectivity index (χ1n) is 3.60. The van der Waals surface area contributed by atoms with Gasteiger partial charge in [-0.1, -0.05) is 0 Å². The summed E-state index contributed by atoms with van der Waals surface area (Å²) in [5, 5.41) is 9.02. The predicted molar refractivity (Wildman–Crippen MR) is 39.8 cm³/mol. The molecule has 66 valence electrons. The second kappa shape index (κ2) is 3.08. The van der Waals surface area contributed by atoms with Crippen molar-refractivity contribution in [3.8, 4) is 0 Å². The van der Waals surface area contributed by atoms with E-state index in [1.165, 1.54) is 0 Å². The van der Waals surface area contributed by atoms with Gasteiger partial charge in [0.2, 0.25) is 0 Å². The Balaban J connectivity index is 2.41. The summed E-state index contributed by atoms with van der Waals surface area (Å²) in [6.45, 7) is 0. The van der Waals surface area contributed by atoms with Crippen molar-refractivity contribution in [2.24, 2.45) is 5.92 Å². The van der Waals surface area contributed by atoms with Gasteiger partial charge in [0.1, 0.15) is 0 Å². The van der Waals surface area contributed by atoms with E-state index in [-0.39, 0.29) is 17.8 Å². The molecule has 0 heterocycles. The van der Waals surface area contributed by atoms with E-state index in [0.717, 1.165) is 0 Å². The Hall–Kier alpha value is -0.130. The van der Waals surface area contributed by atoms with Gasteiger partial charge < -0.3 is 5.11 Å². The lowest BCUT2D eigenvalue weighted by atomic mass is 10.1. The van der Waals surface area contributed by atoms with E-state index in [1.54, 1.807) is 0 Å². The van der Waals surface area contributed by atoms with Gasteiger partial charge in [-0.25, -0.2) is 0 Å². The van der Waals surface area contributed by atoms with Crippen molar-refractivity contribution < 1.29 is 18.1 Å². The van der Waals surface area contributed by atoms with E-state index in [1.807, 2.05) is 0 Å². The summed E-state index contributed by atoms with van der Waals surface area (Å²) >= 11 is 0. The van der Waals surface area contributed by atoms with Gasteiger partial charge in [0.05, 0.1) is 11.9 Å². The lowest BCUT2D eigenvalue weighted by molar-refractivity contribution is 0.179. The topological polar surface area (TPSA) is 74.6 Å². The van der Waals surface area contributed by atoms with Gasteiger partial charge >= 0.3 is 0 Å². The van der Waals surface area contributed by atoms with Crippen LogP contribution < -0.4 is 0 Å². The molecule has 0 spiro atoms. The predicted octanol–water partition coefficient (Wildman–Crippen LogP) is 0.0352. The normalized spacial score (nSPS) is 32.5. The fraction of sp³-hybridized carbons (Fsp3) is 1.00. The molecule has 1 aliphatic carbocycles. The van der Waals surface area contributed by atoms with Crippen molar-refractivity contribution in [3.05, 3.63) is 0 Å². The zero-order chi connectivity index (χ0) is 8.48. The SMILES string of the molecule is O=S(=O)(O)C[C@@H]1CC[C@@H](O)C1. The monoisotopic (exact) mass is 180 g/mol. The number of hydrogen-bond acceptors (Lipinski definition) is 3. The molecule has 11 heavy (non-hydrogen) atoms. The van der Waals surface area contributed by atoms with Crippen LogP contribution in [-0.4, -0.2) is 29.9 Å². The third kappa shape index (κ3) is 3.18. The minimum atomic E-state index is -3.84. The van der Waals surface area contributed by atoms with Crippen molar-refractivity contribution in [2.75, 3.05) is 5.75 Å². The quantitative estimate of drug-likeness (QED) is 0.588. The lowest BCUT2D eigenvalue weighted by Gasteiger charge is -2.04. The summed E-state index contributed by atoms with van der Waals surface area (Å²) in [6.07, 6.45) is 1.47. The standard InChI is InChI=1S/C6H12O4S/c7-6-2-1-5(3-6)4-11(8,9)10/h5-7H,1-4H2,(H,8,9,10)/t5-,6-/m1/s1. The minimum Gasteiger partial charge on any atom is -0.393 e. The molecule has 1 aliphatic rings. The summed E-state index contributed by atoms with van der Waals surface area (Å²) < 4.78 is 29.2. The van der Waals surface area contributed by atoms with Crippen LogP contribution in [0.3, 0.4) is 0 Å². The molecule has 0 bridgehead atoms. The second-order valence-electron chi connectivity index (χ2n) is 3.08. The van der Waals surface area contributed by atoms with E-state index >= 15 is 0 Å². The third-order valence-electron chi connectivity index (χ3n) is 1.96. The van der Waals surface area contributed by atoms with Crippen molar-refractivity contribution in [3.63, 3.8) is 0 Å². The Morgan fingerprint density at radius 1 is 1.36 bits per heavy atom. The molecular formula is C6H12O4S. The van der Waals surface area contributed by atoms with Crippen LogP contribution in [0.2, 0.25) is 0 Å². The van der Waals surface area contributed by atoms with E-state index in [4.69, 9.17) is 9.66 Å². The van der Waals surface area contributed by atoms with Gasteiger partial charge in [-0.05, 0) is 25.2 Å². The average molecular weight is 180 g/mol. The van der Waals surface area contributed by atoms with E-state index in [2.05, 4.69) is 0 Å². The highest BCUT2D eigenvalue weighted by Crippen LogP contribution is 2.26. The van der Waals surface area contributed by atoms with Gasteiger partial charge in [-0.15, -0.1) is 0 Å². The summed E-state index contributed by atoms with van der Waals surface area (Å²) in [7, 11) is -3.84. The molecule has 0 aromatic heterocycles. The van der Waals surface area contributed by atoms with Crippen molar-refractivity contribution in [1.82, 2.24) is 0 Å². The first kappa shape index (κ1) is 8.96. The Morgan fingerprint density at radius 2 is 2.00 bits per heavy atom. The Kier molecular flexibility index (Phi) is 2.51. The Labute approximate surface area is 66.0 Å². The molecule has 5 heteroatoms. The molecule has 1 fully saturated rings. The Bertz CT molecular complexity index is 221. The van der Waals surface area contributed by atoms with Crippen LogP contribution in [0, 0.1) is 5.92 Å². The second-order valence-corrected chi connectivity index (χ2v) is 4.58. The van der Waals surface area contributed by atoms with Crippen LogP contribution in [0.15, 0.2) is 0 Å². The molecule has 4 nitrogen and oxygen atoms in total. The summed E-state index contributed by atoms with van der Waals surface area (Å²) in [5.41, 5.74) is 0. The van der Waals surface area contributed by atoms with Crippen molar-refractivity contribution in [2.45, 2.75) is 25.4 Å². The largest absolute Gasteiger partial charge is 0.393 e. The van der Waals surface area contributed by atoms with Gasteiger partial charge in [0.25, 0.3) is 10.1 Å². The molecule has 1 rings (SSSR count). The summed E-state index contributed by atoms with van der Waals surface area (Å²) in [4.78, 5) is 0. The maximum atomic E-state index is 10.4. The number of aliphatic hydroxyl groups is 1. The molecular weight excluding hydrogens is 168 g/mol. The van der Waals surface area contributed by atoms with Crippen LogP contribution >= 0.6 is 0 Å². The smallest absolute Gasteiger partial charge is 0.265 e. The van der Waals surface area contributed by atoms with Gasteiger partial charge in [0, 0.05) is 0 Å². The van der Waals surface area contributed by atoms with Crippen LogP contribution in [0.1, 0.15) is 19.3 Å². The highest BCUT2D eigenvalue weighted by atomic mass is 32.2. The van der Waals surface area contributed by atoms with Gasteiger partial charge in [0.15, 0.2) is 0 Å². The molecule has 0 radical (unpaired) electrons.